The van der Waals surface area contributed by atoms with Crippen molar-refractivity contribution in [3.8, 4) is 0 Å². The Kier molecular flexibility index (Phi) is 4.03. The van der Waals surface area contributed by atoms with Crippen LogP contribution in [0.3, 0.4) is 0 Å². The Balaban J connectivity index is 1.56. The van der Waals surface area contributed by atoms with Crippen LogP contribution in [-0.4, -0.2) is 21.5 Å². The molecule has 3 rings (SSSR count). The number of fused-ring (bicyclic) bond motifs is 1. The molecule has 20 heavy (non-hydrogen) atoms. The van der Waals surface area contributed by atoms with Crippen molar-refractivity contribution in [3.63, 3.8) is 0 Å². The number of hydrogen-bond donors (Lipinski definition) is 1. The van der Waals surface area contributed by atoms with Gasteiger partial charge in [-0.15, -0.1) is 0 Å². The first-order valence-corrected chi connectivity index (χ1v) is 7.54. The first-order chi connectivity index (χ1) is 9.75. The monoisotopic (exact) mass is 273 g/mol. The van der Waals surface area contributed by atoms with E-state index < -0.39 is 0 Å². The van der Waals surface area contributed by atoms with E-state index in [0.717, 1.165) is 24.2 Å². The maximum Gasteiger partial charge on any atom is 0.137 e. The van der Waals surface area contributed by atoms with Crippen molar-refractivity contribution < 1.29 is 4.74 Å². The minimum absolute atomic E-state index is 0.129. The average Bonchev–Trinajstić information content (AvgIpc) is 2.73. The third-order valence-corrected chi connectivity index (χ3v) is 4.15. The quantitative estimate of drug-likeness (QED) is 0.871. The van der Waals surface area contributed by atoms with Crippen molar-refractivity contribution in [3.05, 3.63) is 36.3 Å². The van der Waals surface area contributed by atoms with Crippen LogP contribution < -0.4 is 5.73 Å². The molecule has 0 amide bonds. The zero-order valence-corrected chi connectivity index (χ0v) is 11.9. The molecule has 0 atom stereocenters. The molecule has 1 fully saturated rings. The van der Waals surface area contributed by atoms with Crippen LogP contribution in [0.25, 0.3) is 5.65 Å². The number of rotatable bonds is 4. The lowest BCUT2D eigenvalue weighted by molar-refractivity contribution is 0.0651. The fourth-order valence-electron chi connectivity index (χ4n) is 2.99. The van der Waals surface area contributed by atoms with Gasteiger partial charge in [0.05, 0.1) is 18.9 Å². The van der Waals surface area contributed by atoms with Crippen LogP contribution in [-0.2, 0) is 11.3 Å². The van der Waals surface area contributed by atoms with Gasteiger partial charge in [0, 0.05) is 17.9 Å². The van der Waals surface area contributed by atoms with E-state index in [2.05, 4.69) is 4.98 Å². The Bertz CT molecular complexity index is 523. The van der Waals surface area contributed by atoms with E-state index in [9.17, 15) is 0 Å². The Morgan fingerprint density at radius 1 is 1.20 bits per heavy atom. The van der Waals surface area contributed by atoms with Gasteiger partial charge < -0.3 is 14.9 Å². The number of imidazole rings is 1. The molecule has 1 aliphatic rings. The average molecular weight is 273 g/mol. The molecule has 0 saturated heterocycles. The van der Waals surface area contributed by atoms with Gasteiger partial charge in [0.2, 0.25) is 0 Å². The topological polar surface area (TPSA) is 52.5 Å². The first kappa shape index (κ1) is 13.6. The molecule has 0 radical (unpaired) electrons. The summed E-state index contributed by atoms with van der Waals surface area (Å²) >= 11 is 0. The van der Waals surface area contributed by atoms with E-state index in [1.54, 1.807) is 0 Å². The van der Waals surface area contributed by atoms with E-state index in [1.807, 2.05) is 35.0 Å². The predicted octanol–water partition coefficient (Wildman–Crippen LogP) is 2.90. The van der Waals surface area contributed by atoms with Crippen LogP contribution in [0.15, 0.2) is 30.6 Å². The van der Waals surface area contributed by atoms with Crippen molar-refractivity contribution in [2.45, 2.75) is 50.7 Å². The lowest BCUT2D eigenvalue weighted by Crippen LogP contribution is -2.43. The van der Waals surface area contributed by atoms with Gasteiger partial charge >= 0.3 is 0 Å². The Labute approximate surface area is 120 Å². The van der Waals surface area contributed by atoms with Crippen LogP contribution >= 0.6 is 0 Å². The molecular formula is C16H23N3O. The minimum Gasteiger partial charge on any atom is -0.373 e. The number of pyridine rings is 1. The van der Waals surface area contributed by atoms with Crippen molar-refractivity contribution in [2.24, 2.45) is 5.73 Å². The lowest BCUT2D eigenvalue weighted by atomic mass is 9.93. The normalized spacial score (nSPS) is 19.1. The van der Waals surface area contributed by atoms with Crippen molar-refractivity contribution in [1.82, 2.24) is 9.38 Å². The largest absolute Gasteiger partial charge is 0.373 e. The molecule has 2 N–H and O–H groups in total. The van der Waals surface area contributed by atoms with Gasteiger partial charge in [-0.3, -0.25) is 0 Å². The predicted molar refractivity (Wildman–Crippen MR) is 79.5 cm³/mol. The summed E-state index contributed by atoms with van der Waals surface area (Å²) in [6.07, 6.45) is 11.3. The smallest absolute Gasteiger partial charge is 0.137 e. The van der Waals surface area contributed by atoms with Gasteiger partial charge in [-0.25, -0.2) is 4.98 Å². The third-order valence-electron chi connectivity index (χ3n) is 4.15. The van der Waals surface area contributed by atoms with Crippen LogP contribution in [0.1, 0.15) is 44.2 Å². The number of nitrogens with two attached hydrogens (primary N) is 1. The number of hydrogen-bond acceptors (Lipinski definition) is 3. The number of nitrogens with zero attached hydrogens (tertiary/aromatic N) is 2. The maximum absolute atomic E-state index is 6.45. The Morgan fingerprint density at radius 2 is 2.00 bits per heavy atom. The van der Waals surface area contributed by atoms with Gasteiger partial charge in [0.25, 0.3) is 0 Å². The van der Waals surface area contributed by atoms with Gasteiger partial charge in [0.1, 0.15) is 5.65 Å². The fourth-order valence-corrected chi connectivity index (χ4v) is 2.99. The molecule has 1 saturated carbocycles. The van der Waals surface area contributed by atoms with Gasteiger partial charge in [-0.1, -0.05) is 31.7 Å². The Hall–Kier alpha value is -1.39. The summed E-state index contributed by atoms with van der Waals surface area (Å²) < 4.78 is 7.86. The molecular weight excluding hydrogens is 250 g/mol. The van der Waals surface area contributed by atoms with Crippen molar-refractivity contribution in [2.75, 3.05) is 6.61 Å². The fraction of sp³-hybridized carbons (Fsp3) is 0.562. The van der Waals surface area contributed by atoms with Crippen LogP contribution in [0.2, 0.25) is 0 Å². The van der Waals surface area contributed by atoms with Crippen LogP contribution in [0.4, 0.5) is 0 Å². The lowest BCUT2D eigenvalue weighted by Gasteiger charge is -2.27. The second kappa shape index (κ2) is 5.94. The summed E-state index contributed by atoms with van der Waals surface area (Å²) in [5.41, 5.74) is 8.25. The second-order valence-corrected chi connectivity index (χ2v) is 5.97. The van der Waals surface area contributed by atoms with Gasteiger partial charge in [0.15, 0.2) is 0 Å². The summed E-state index contributed by atoms with van der Waals surface area (Å²) in [6, 6.07) is 5.99. The number of ether oxygens (including phenoxy) is 1. The molecule has 0 unspecified atom stereocenters. The van der Waals surface area contributed by atoms with Crippen LogP contribution in [0.5, 0.6) is 0 Å². The molecule has 108 valence electrons. The number of aromatic nitrogens is 2. The van der Waals surface area contributed by atoms with Gasteiger partial charge in [-0.2, -0.15) is 0 Å². The van der Waals surface area contributed by atoms with E-state index >= 15 is 0 Å². The highest BCUT2D eigenvalue weighted by Gasteiger charge is 2.26. The molecule has 4 nitrogen and oxygen atoms in total. The van der Waals surface area contributed by atoms with Crippen molar-refractivity contribution in [1.29, 1.82) is 0 Å². The van der Waals surface area contributed by atoms with Gasteiger partial charge in [-0.05, 0) is 25.0 Å². The summed E-state index contributed by atoms with van der Waals surface area (Å²) in [7, 11) is 0. The van der Waals surface area contributed by atoms with E-state index in [4.69, 9.17) is 10.5 Å². The minimum atomic E-state index is -0.129. The summed E-state index contributed by atoms with van der Waals surface area (Å²) in [4.78, 5) is 4.53. The molecule has 1 aliphatic carbocycles. The molecule has 0 spiro atoms. The highest BCUT2D eigenvalue weighted by atomic mass is 16.5. The van der Waals surface area contributed by atoms with E-state index in [-0.39, 0.29) is 5.54 Å². The SMILES string of the molecule is NC1(COCc2cn3ccccc3n2)CCCCCC1. The molecule has 2 aromatic rings. The molecule has 0 aliphatic heterocycles. The molecule has 4 heteroatoms. The highest BCUT2D eigenvalue weighted by molar-refractivity contribution is 5.39. The van der Waals surface area contributed by atoms with E-state index in [0.29, 0.717) is 13.2 Å². The van der Waals surface area contributed by atoms with Crippen molar-refractivity contribution >= 4 is 5.65 Å². The summed E-state index contributed by atoms with van der Waals surface area (Å²) in [5, 5.41) is 0. The standard InChI is InChI=1S/C16H23N3O/c17-16(8-4-1-2-5-9-16)13-20-12-14-11-19-10-6-3-7-15(19)18-14/h3,6-7,10-11H,1-2,4-5,8-9,12-13,17H2. The highest BCUT2D eigenvalue weighted by Crippen LogP contribution is 2.25. The third kappa shape index (κ3) is 3.19. The molecule has 2 aromatic heterocycles. The molecule has 0 aromatic carbocycles. The summed E-state index contributed by atoms with van der Waals surface area (Å²) in [6.45, 7) is 1.18. The Morgan fingerprint density at radius 3 is 2.75 bits per heavy atom. The zero-order valence-electron chi connectivity index (χ0n) is 11.9. The second-order valence-electron chi connectivity index (χ2n) is 5.97. The first-order valence-electron chi connectivity index (χ1n) is 7.54. The van der Waals surface area contributed by atoms with Crippen LogP contribution in [0, 0.1) is 0 Å². The molecule has 0 bridgehead atoms. The van der Waals surface area contributed by atoms with E-state index in [1.165, 1.54) is 25.7 Å². The zero-order chi connectivity index (χ0) is 13.8. The maximum atomic E-state index is 6.45. The molecule has 2 heterocycles. The summed E-state index contributed by atoms with van der Waals surface area (Å²) in [5.74, 6) is 0.